The summed E-state index contributed by atoms with van der Waals surface area (Å²) in [6, 6.07) is -1.18. The molecule has 2 N–H and O–H groups in total. The molecule has 0 spiro atoms. The normalized spacial score (nSPS) is 18.8. The van der Waals surface area contributed by atoms with Crippen molar-refractivity contribution >= 4 is 12.0 Å². The molecule has 7 heteroatoms. The second-order valence-electron chi connectivity index (χ2n) is 4.61. The number of carbonyl (C=O) groups is 2. The Labute approximate surface area is 107 Å². The summed E-state index contributed by atoms with van der Waals surface area (Å²) in [6.07, 6.45) is 0. The molecule has 0 aromatic rings. The largest absolute Gasteiger partial charge is 0.480 e. The number of rotatable bonds is 4. The van der Waals surface area contributed by atoms with Gasteiger partial charge < -0.3 is 20.2 Å². The first kappa shape index (κ1) is 14.7. The molecule has 0 aromatic carbocycles. The molecule has 1 fully saturated rings. The molecule has 0 aliphatic carbocycles. The zero-order chi connectivity index (χ0) is 13.7. The molecular formula is C11H21N3O4. The Kier molecular flexibility index (Phi) is 5.36. The second-order valence-corrected chi connectivity index (χ2v) is 4.61. The van der Waals surface area contributed by atoms with Crippen LogP contribution in [0.1, 0.15) is 13.8 Å². The molecule has 104 valence electrons. The van der Waals surface area contributed by atoms with Crippen LogP contribution in [0.25, 0.3) is 0 Å². The van der Waals surface area contributed by atoms with Crippen LogP contribution in [0.15, 0.2) is 0 Å². The second kappa shape index (κ2) is 6.55. The Morgan fingerprint density at radius 2 is 1.78 bits per heavy atom. The van der Waals surface area contributed by atoms with E-state index in [-0.39, 0.29) is 11.9 Å². The molecule has 0 aromatic heterocycles. The van der Waals surface area contributed by atoms with Crippen molar-refractivity contribution in [3.05, 3.63) is 0 Å². The maximum Gasteiger partial charge on any atom is 0.326 e. The smallest absolute Gasteiger partial charge is 0.326 e. The fraction of sp³-hybridized carbons (Fsp3) is 0.818. The van der Waals surface area contributed by atoms with Gasteiger partial charge in [-0.15, -0.1) is 0 Å². The van der Waals surface area contributed by atoms with Gasteiger partial charge in [-0.25, -0.2) is 9.59 Å². The molecule has 1 aliphatic rings. The van der Waals surface area contributed by atoms with Crippen molar-refractivity contribution < 1.29 is 19.5 Å². The van der Waals surface area contributed by atoms with E-state index in [0.29, 0.717) is 26.2 Å². The fourth-order valence-corrected chi connectivity index (χ4v) is 1.81. The Bertz CT molecular complexity index is 301. The van der Waals surface area contributed by atoms with Crippen LogP contribution in [0.2, 0.25) is 0 Å². The predicted molar refractivity (Wildman–Crippen MR) is 64.9 cm³/mol. The van der Waals surface area contributed by atoms with Gasteiger partial charge >= 0.3 is 12.0 Å². The van der Waals surface area contributed by atoms with E-state index in [9.17, 15) is 9.59 Å². The number of piperazine rings is 1. The average molecular weight is 259 g/mol. The number of carbonyl (C=O) groups excluding carboxylic acids is 1. The molecule has 0 radical (unpaired) electrons. The molecule has 18 heavy (non-hydrogen) atoms. The number of nitrogens with one attached hydrogen (secondary N) is 1. The van der Waals surface area contributed by atoms with Crippen LogP contribution in [0, 0.1) is 5.92 Å². The minimum Gasteiger partial charge on any atom is -0.480 e. The molecule has 7 nitrogen and oxygen atoms in total. The molecule has 0 saturated carbocycles. The quantitative estimate of drug-likeness (QED) is 0.741. The summed E-state index contributed by atoms with van der Waals surface area (Å²) in [5.41, 5.74) is 0. The topological polar surface area (TPSA) is 82.1 Å². The molecule has 2 amide bonds. The zero-order valence-corrected chi connectivity index (χ0v) is 11.0. The number of hydrogen-bond acceptors (Lipinski definition) is 4. The van der Waals surface area contributed by atoms with Crippen LogP contribution in [0.4, 0.5) is 4.79 Å². The van der Waals surface area contributed by atoms with Crippen molar-refractivity contribution in [2.45, 2.75) is 19.9 Å². The summed E-state index contributed by atoms with van der Waals surface area (Å²) in [4.78, 5) is 29.6. The van der Waals surface area contributed by atoms with Gasteiger partial charge in [0, 0.05) is 26.2 Å². The van der Waals surface area contributed by atoms with Gasteiger partial charge in [0.25, 0.3) is 0 Å². The van der Waals surface area contributed by atoms with Gasteiger partial charge in [-0.1, -0.05) is 13.8 Å². The molecule has 0 unspecified atom stereocenters. The number of nitrogens with zero attached hydrogens (tertiary/aromatic N) is 2. The van der Waals surface area contributed by atoms with Crippen molar-refractivity contribution in [3.8, 4) is 0 Å². The van der Waals surface area contributed by atoms with Crippen molar-refractivity contribution in [1.82, 2.24) is 15.3 Å². The Morgan fingerprint density at radius 1 is 1.22 bits per heavy atom. The predicted octanol–water partition coefficient (Wildman–Crippen LogP) is -0.0158. The van der Waals surface area contributed by atoms with Gasteiger partial charge in [0.05, 0.1) is 7.11 Å². The third-order valence-electron chi connectivity index (χ3n) is 3.00. The van der Waals surface area contributed by atoms with E-state index in [1.807, 2.05) is 0 Å². The molecule has 1 atom stereocenters. The van der Waals surface area contributed by atoms with E-state index in [1.54, 1.807) is 30.9 Å². The summed E-state index contributed by atoms with van der Waals surface area (Å²) >= 11 is 0. The first-order chi connectivity index (χ1) is 8.45. The highest BCUT2D eigenvalue weighted by Crippen LogP contribution is 2.05. The zero-order valence-electron chi connectivity index (χ0n) is 11.0. The van der Waals surface area contributed by atoms with Crippen LogP contribution >= 0.6 is 0 Å². The van der Waals surface area contributed by atoms with Gasteiger partial charge in [0.2, 0.25) is 0 Å². The van der Waals surface area contributed by atoms with Gasteiger partial charge in [0.15, 0.2) is 0 Å². The number of hydrogen-bond donors (Lipinski definition) is 2. The van der Waals surface area contributed by atoms with E-state index in [0.717, 1.165) is 0 Å². The highest BCUT2D eigenvalue weighted by Gasteiger charge is 2.27. The number of hydroxylamine groups is 2. The first-order valence-corrected chi connectivity index (χ1v) is 6.03. The fourth-order valence-electron chi connectivity index (χ4n) is 1.81. The molecular weight excluding hydrogens is 238 g/mol. The SMILES string of the molecule is CON1CCN(C(=O)N[C@H](C(=O)O)C(C)C)CC1. The average Bonchev–Trinajstić information content (AvgIpc) is 2.35. The molecule has 1 heterocycles. The van der Waals surface area contributed by atoms with Gasteiger partial charge in [-0.05, 0) is 5.92 Å². The number of urea groups is 1. The van der Waals surface area contributed by atoms with Crippen molar-refractivity contribution in [1.29, 1.82) is 0 Å². The number of amides is 2. The highest BCUT2D eigenvalue weighted by atomic mass is 16.7. The van der Waals surface area contributed by atoms with Crippen molar-refractivity contribution in [3.63, 3.8) is 0 Å². The van der Waals surface area contributed by atoms with Crippen LogP contribution in [-0.4, -0.2) is 66.4 Å². The minimum absolute atomic E-state index is 0.147. The Balaban J connectivity index is 2.48. The standard InChI is InChI=1S/C11H21N3O4/c1-8(2)9(10(15)16)12-11(17)13-4-6-14(18-3)7-5-13/h8-9H,4-7H2,1-3H3,(H,12,17)(H,15,16)/t9-/m0/s1. The number of carboxylic acid groups (broad SMARTS) is 1. The van der Waals surface area contributed by atoms with E-state index in [4.69, 9.17) is 9.94 Å². The van der Waals surface area contributed by atoms with Gasteiger partial charge in [-0.2, -0.15) is 5.06 Å². The van der Waals surface area contributed by atoms with Gasteiger partial charge in [-0.3, -0.25) is 0 Å². The van der Waals surface area contributed by atoms with E-state index in [1.165, 1.54) is 0 Å². The lowest BCUT2D eigenvalue weighted by Gasteiger charge is -2.34. The minimum atomic E-state index is -1.01. The maximum absolute atomic E-state index is 11.9. The van der Waals surface area contributed by atoms with Crippen LogP contribution in [-0.2, 0) is 9.63 Å². The van der Waals surface area contributed by atoms with Gasteiger partial charge in [0.1, 0.15) is 6.04 Å². The number of aliphatic carboxylic acids is 1. The molecule has 1 saturated heterocycles. The number of carboxylic acids is 1. The van der Waals surface area contributed by atoms with Crippen LogP contribution < -0.4 is 5.32 Å². The lowest BCUT2D eigenvalue weighted by molar-refractivity contribution is -0.147. The summed E-state index contributed by atoms with van der Waals surface area (Å²) < 4.78 is 0. The Hall–Kier alpha value is -1.34. The third kappa shape index (κ3) is 3.85. The highest BCUT2D eigenvalue weighted by molar-refractivity contribution is 5.82. The summed E-state index contributed by atoms with van der Waals surface area (Å²) in [5.74, 6) is -1.15. The van der Waals surface area contributed by atoms with Crippen LogP contribution in [0.3, 0.4) is 0 Å². The van der Waals surface area contributed by atoms with E-state index >= 15 is 0 Å². The van der Waals surface area contributed by atoms with Crippen molar-refractivity contribution in [2.75, 3.05) is 33.3 Å². The first-order valence-electron chi connectivity index (χ1n) is 6.03. The lowest BCUT2D eigenvalue weighted by atomic mass is 10.1. The summed E-state index contributed by atoms with van der Waals surface area (Å²) in [7, 11) is 1.59. The van der Waals surface area contributed by atoms with E-state index < -0.39 is 12.0 Å². The monoisotopic (exact) mass is 259 g/mol. The van der Waals surface area contributed by atoms with Crippen molar-refractivity contribution in [2.24, 2.45) is 5.92 Å². The Morgan fingerprint density at radius 3 is 2.17 bits per heavy atom. The summed E-state index contributed by atoms with van der Waals surface area (Å²) in [5, 5.41) is 13.3. The van der Waals surface area contributed by atoms with E-state index in [2.05, 4.69) is 5.32 Å². The molecule has 0 bridgehead atoms. The third-order valence-corrected chi connectivity index (χ3v) is 3.00. The summed E-state index contributed by atoms with van der Waals surface area (Å²) in [6.45, 7) is 5.85. The van der Waals surface area contributed by atoms with Crippen LogP contribution in [0.5, 0.6) is 0 Å². The maximum atomic E-state index is 11.9. The molecule has 1 aliphatic heterocycles. The molecule has 1 rings (SSSR count). The lowest BCUT2D eigenvalue weighted by Crippen LogP contribution is -2.55.